The van der Waals surface area contributed by atoms with Crippen LogP contribution in [0.15, 0.2) is 42.5 Å². The summed E-state index contributed by atoms with van der Waals surface area (Å²) < 4.78 is 10.5. The molecule has 0 N–H and O–H groups in total. The fourth-order valence-corrected chi connectivity index (χ4v) is 1.84. The summed E-state index contributed by atoms with van der Waals surface area (Å²) >= 11 is 0. The Morgan fingerprint density at radius 2 is 1.72 bits per heavy atom. The number of ether oxygens (including phenoxy) is 2. The molecule has 0 aliphatic heterocycles. The van der Waals surface area contributed by atoms with Crippen molar-refractivity contribution in [2.24, 2.45) is 0 Å². The maximum absolute atomic E-state index is 9.18. The van der Waals surface area contributed by atoms with Gasteiger partial charge in [0.1, 0.15) is 11.5 Å². The summed E-state index contributed by atoms with van der Waals surface area (Å²) in [5, 5.41) is 9.18. The van der Waals surface area contributed by atoms with E-state index in [0.29, 0.717) is 5.56 Å². The number of hydrogen-bond acceptors (Lipinski definition) is 3. The lowest BCUT2D eigenvalue weighted by Crippen LogP contribution is -1.91. The molecule has 18 heavy (non-hydrogen) atoms. The van der Waals surface area contributed by atoms with Crippen LogP contribution in [0.2, 0.25) is 0 Å². The lowest BCUT2D eigenvalue weighted by molar-refractivity contribution is 0.413. The molecule has 0 heterocycles. The summed E-state index contributed by atoms with van der Waals surface area (Å²) in [6, 6.07) is 15.2. The van der Waals surface area contributed by atoms with Gasteiger partial charge in [-0.1, -0.05) is 18.2 Å². The molecule has 0 aliphatic rings. The molecule has 0 unspecified atom stereocenters. The van der Waals surface area contributed by atoms with Gasteiger partial charge in [0, 0.05) is 11.1 Å². The third-order valence-corrected chi connectivity index (χ3v) is 2.74. The number of nitrogens with zero attached hydrogens (tertiary/aromatic N) is 1. The van der Waals surface area contributed by atoms with Crippen LogP contribution in [0.3, 0.4) is 0 Å². The van der Waals surface area contributed by atoms with Gasteiger partial charge in [0.2, 0.25) is 0 Å². The van der Waals surface area contributed by atoms with E-state index in [9.17, 15) is 5.26 Å². The fraction of sp³-hybridized carbons (Fsp3) is 0.133. The highest BCUT2D eigenvalue weighted by molar-refractivity contribution is 5.76. The van der Waals surface area contributed by atoms with Crippen molar-refractivity contribution in [1.82, 2.24) is 0 Å². The summed E-state index contributed by atoms with van der Waals surface area (Å²) in [5.41, 5.74) is 2.30. The minimum Gasteiger partial charge on any atom is -0.497 e. The maximum atomic E-state index is 9.18. The van der Waals surface area contributed by atoms with E-state index in [1.54, 1.807) is 26.4 Å². The number of hydrogen-bond donors (Lipinski definition) is 0. The van der Waals surface area contributed by atoms with Crippen molar-refractivity contribution in [3.05, 3.63) is 48.0 Å². The van der Waals surface area contributed by atoms with Crippen molar-refractivity contribution in [3.63, 3.8) is 0 Å². The van der Waals surface area contributed by atoms with Crippen LogP contribution in [0.5, 0.6) is 11.5 Å². The van der Waals surface area contributed by atoms with Crippen molar-refractivity contribution >= 4 is 0 Å². The molecule has 2 aromatic carbocycles. The molecule has 0 amide bonds. The van der Waals surface area contributed by atoms with E-state index in [-0.39, 0.29) is 0 Å². The van der Waals surface area contributed by atoms with Crippen LogP contribution < -0.4 is 9.47 Å². The molecule has 0 saturated heterocycles. The number of benzene rings is 2. The van der Waals surface area contributed by atoms with Gasteiger partial charge < -0.3 is 9.47 Å². The number of rotatable bonds is 3. The Kier molecular flexibility index (Phi) is 3.49. The van der Waals surface area contributed by atoms with Crippen LogP contribution in [0.4, 0.5) is 0 Å². The van der Waals surface area contributed by atoms with Crippen LogP contribution in [0, 0.1) is 11.3 Å². The molecule has 0 spiro atoms. The zero-order chi connectivity index (χ0) is 13.0. The standard InChI is InChI=1S/C15H13NO2/c1-17-12-8-7-11(10-16)14(9-12)13-5-3-4-6-15(13)18-2/h3-9H,1-2H3. The average Bonchev–Trinajstić information content (AvgIpc) is 2.46. The fourth-order valence-electron chi connectivity index (χ4n) is 1.84. The predicted octanol–water partition coefficient (Wildman–Crippen LogP) is 3.24. The number of nitriles is 1. The van der Waals surface area contributed by atoms with E-state index >= 15 is 0 Å². The van der Waals surface area contributed by atoms with Crippen LogP contribution in [-0.2, 0) is 0 Å². The summed E-state index contributed by atoms with van der Waals surface area (Å²) in [7, 11) is 3.22. The molecule has 90 valence electrons. The first-order valence-electron chi connectivity index (χ1n) is 5.51. The Bertz CT molecular complexity index is 600. The quantitative estimate of drug-likeness (QED) is 0.825. The Morgan fingerprint density at radius 3 is 2.39 bits per heavy atom. The summed E-state index contributed by atoms with van der Waals surface area (Å²) in [5.74, 6) is 1.46. The van der Waals surface area contributed by atoms with Gasteiger partial charge in [0.15, 0.2) is 0 Å². The molecule has 0 fully saturated rings. The largest absolute Gasteiger partial charge is 0.497 e. The van der Waals surface area contributed by atoms with Crippen LogP contribution in [-0.4, -0.2) is 14.2 Å². The molecule has 2 aromatic rings. The van der Waals surface area contributed by atoms with Gasteiger partial charge in [-0.15, -0.1) is 0 Å². The van der Waals surface area contributed by atoms with Crippen molar-refractivity contribution in [1.29, 1.82) is 5.26 Å². The van der Waals surface area contributed by atoms with Crippen LogP contribution in [0.25, 0.3) is 11.1 Å². The molecule has 0 atom stereocenters. The van der Waals surface area contributed by atoms with E-state index in [0.717, 1.165) is 22.6 Å². The molecule has 3 nitrogen and oxygen atoms in total. The molecule has 0 aromatic heterocycles. The van der Waals surface area contributed by atoms with Gasteiger partial charge in [-0.3, -0.25) is 0 Å². The second kappa shape index (κ2) is 5.24. The average molecular weight is 239 g/mol. The van der Waals surface area contributed by atoms with E-state index in [1.165, 1.54) is 0 Å². The molecule has 3 heteroatoms. The van der Waals surface area contributed by atoms with Gasteiger partial charge in [0.05, 0.1) is 25.9 Å². The van der Waals surface area contributed by atoms with E-state index in [4.69, 9.17) is 9.47 Å². The highest BCUT2D eigenvalue weighted by Gasteiger charge is 2.10. The molecule has 2 rings (SSSR count). The van der Waals surface area contributed by atoms with Gasteiger partial charge >= 0.3 is 0 Å². The van der Waals surface area contributed by atoms with Crippen LogP contribution >= 0.6 is 0 Å². The lowest BCUT2D eigenvalue weighted by atomic mass is 9.99. The second-order valence-electron chi connectivity index (χ2n) is 3.72. The van der Waals surface area contributed by atoms with E-state index in [2.05, 4.69) is 6.07 Å². The third-order valence-electron chi connectivity index (χ3n) is 2.74. The van der Waals surface area contributed by atoms with Crippen molar-refractivity contribution in [2.75, 3.05) is 14.2 Å². The minimum atomic E-state index is 0.598. The Balaban J connectivity index is 2.65. The molecule has 0 saturated carbocycles. The van der Waals surface area contributed by atoms with Gasteiger partial charge in [0.25, 0.3) is 0 Å². The summed E-state index contributed by atoms with van der Waals surface area (Å²) in [6.45, 7) is 0. The van der Waals surface area contributed by atoms with Crippen molar-refractivity contribution < 1.29 is 9.47 Å². The predicted molar refractivity (Wildman–Crippen MR) is 69.7 cm³/mol. The summed E-state index contributed by atoms with van der Waals surface area (Å²) in [6.07, 6.45) is 0. The topological polar surface area (TPSA) is 42.2 Å². The Hall–Kier alpha value is -2.47. The second-order valence-corrected chi connectivity index (χ2v) is 3.72. The molecular weight excluding hydrogens is 226 g/mol. The monoisotopic (exact) mass is 239 g/mol. The number of methoxy groups -OCH3 is 2. The normalized spacial score (nSPS) is 9.61. The zero-order valence-corrected chi connectivity index (χ0v) is 10.3. The zero-order valence-electron chi connectivity index (χ0n) is 10.3. The van der Waals surface area contributed by atoms with Crippen LogP contribution in [0.1, 0.15) is 5.56 Å². The smallest absolute Gasteiger partial charge is 0.126 e. The maximum Gasteiger partial charge on any atom is 0.126 e. The molecule has 0 radical (unpaired) electrons. The van der Waals surface area contributed by atoms with Gasteiger partial charge in [-0.2, -0.15) is 5.26 Å². The van der Waals surface area contributed by atoms with Gasteiger partial charge in [-0.05, 0) is 24.3 Å². The Labute approximate surface area is 106 Å². The Morgan fingerprint density at radius 1 is 0.944 bits per heavy atom. The van der Waals surface area contributed by atoms with Gasteiger partial charge in [-0.25, -0.2) is 0 Å². The molecule has 0 bridgehead atoms. The highest BCUT2D eigenvalue weighted by Crippen LogP contribution is 2.34. The summed E-state index contributed by atoms with van der Waals surface area (Å²) in [4.78, 5) is 0. The molecular formula is C15H13NO2. The number of para-hydroxylation sites is 1. The molecule has 0 aliphatic carbocycles. The van der Waals surface area contributed by atoms with Crippen molar-refractivity contribution in [3.8, 4) is 28.7 Å². The first kappa shape index (κ1) is 12.0. The third kappa shape index (κ3) is 2.14. The van der Waals surface area contributed by atoms with E-state index in [1.807, 2.05) is 30.3 Å². The minimum absolute atomic E-state index is 0.598. The first-order valence-corrected chi connectivity index (χ1v) is 5.51. The van der Waals surface area contributed by atoms with Crippen molar-refractivity contribution in [2.45, 2.75) is 0 Å². The first-order chi connectivity index (χ1) is 8.80. The highest BCUT2D eigenvalue weighted by atomic mass is 16.5. The lowest BCUT2D eigenvalue weighted by Gasteiger charge is -2.11. The van der Waals surface area contributed by atoms with E-state index < -0.39 is 0 Å². The SMILES string of the molecule is COc1ccc(C#N)c(-c2ccccc2OC)c1.